The van der Waals surface area contributed by atoms with Crippen LogP contribution in [0, 0.1) is 5.92 Å². The Hall–Kier alpha value is -1.90. The Labute approximate surface area is 95.2 Å². The maximum absolute atomic E-state index is 11.6. The number of nitrogens with one attached hydrogen (secondary N) is 1. The molecular formula is C13H15NO2. The number of ketones is 1. The summed E-state index contributed by atoms with van der Waals surface area (Å²) in [5.41, 5.74) is 1.32. The van der Waals surface area contributed by atoms with Gasteiger partial charge in [-0.15, -0.1) is 0 Å². The van der Waals surface area contributed by atoms with Crippen LogP contribution in [0.25, 0.3) is 0 Å². The molecule has 0 aliphatic rings. The van der Waals surface area contributed by atoms with Crippen LogP contribution in [0.5, 0.6) is 0 Å². The predicted octanol–water partition coefficient (Wildman–Crippen LogP) is 2.65. The molecule has 0 saturated heterocycles. The Balaban J connectivity index is 2.79. The van der Waals surface area contributed by atoms with E-state index >= 15 is 0 Å². The van der Waals surface area contributed by atoms with Crippen LogP contribution < -0.4 is 5.32 Å². The Morgan fingerprint density at radius 3 is 2.25 bits per heavy atom. The normalized spacial score (nSPS) is 9.94. The van der Waals surface area contributed by atoms with E-state index in [1.807, 2.05) is 13.8 Å². The number of Topliss-reactive ketones (excluding diaryl/α,β-unsaturated/α-hetero) is 1. The molecule has 0 unspecified atom stereocenters. The van der Waals surface area contributed by atoms with Gasteiger partial charge in [0.1, 0.15) is 0 Å². The van der Waals surface area contributed by atoms with Crippen LogP contribution in [0.15, 0.2) is 36.9 Å². The first kappa shape index (κ1) is 12.2. The lowest BCUT2D eigenvalue weighted by molar-refractivity contribution is -0.111. The molecule has 84 valence electrons. The molecule has 0 heterocycles. The summed E-state index contributed by atoms with van der Waals surface area (Å²) >= 11 is 0. The van der Waals surface area contributed by atoms with Crippen molar-refractivity contribution >= 4 is 17.4 Å². The smallest absolute Gasteiger partial charge is 0.247 e. The van der Waals surface area contributed by atoms with Gasteiger partial charge in [-0.05, 0) is 30.3 Å². The van der Waals surface area contributed by atoms with Crippen molar-refractivity contribution in [1.29, 1.82) is 0 Å². The molecule has 0 radical (unpaired) electrons. The number of rotatable bonds is 4. The SMILES string of the molecule is C=CC(=O)Nc1ccc(C(=O)C(C)C)cc1. The minimum absolute atomic E-state index is 0.0198. The lowest BCUT2D eigenvalue weighted by atomic mass is 10.0. The van der Waals surface area contributed by atoms with E-state index in [9.17, 15) is 9.59 Å². The van der Waals surface area contributed by atoms with Crippen molar-refractivity contribution in [3.8, 4) is 0 Å². The highest BCUT2D eigenvalue weighted by Crippen LogP contribution is 2.13. The highest BCUT2D eigenvalue weighted by molar-refractivity contribution is 6.00. The van der Waals surface area contributed by atoms with Gasteiger partial charge in [-0.2, -0.15) is 0 Å². The molecule has 3 heteroatoms. The van der Waals surface area contributed by atoms with Crippen LogP contribution >= 0.6 is 0 Å². The molecule has 0 aliphatic carbocycles. The Morgan fingerprint density at radius 1 is 1.25 bits per heavy atom. The van der Waals surface area contributed by atoms with Gasteiger partial charge in [-0.3, -0.25) is 9.59 Å². The summed E-state index contributed by atoms with van der Waals surface area (Å²) in [4.78, 5) is 22.6. The van der Waals surface area contributed by atoms with Gasteiger partial charge in [-0.1, -0.05) is 20.4 Å². The lowest BCUT2D eigenvalue weighted by Gasteiger charge is -2.06. The first-order valence-corrected chi connectivity index (χ1v) is 5.12. The average molecular weight is 217 g/mol. The molecule has 0 aromatic heterocycles. The third-order valence-corrected chi connectivity index (χ3v) is 2.15. The number of hydrogen-bond acceptors (Lipinski definition) is 2. The zero-order chi connectivity index (χ0) is 12.1. The molecule has 1 aromatic rings. The summed E-state index contributed by atoms with van der Waals surface area (Å²) in [5.74, 6) is -0.182. The first-order valence-electron chi connectivity index (χ1n) is 5.12. The zero-order valence-electron chi connectivity index (χ0n) is 9.49. The highest BCUT2D eigenvalue weighted by atomic mass is 16.1. The second-order valence-corrected chi connectivity index (χ2v) is 3.79. The summed E-state index contributed by atoms with van der Waals surface area (Å²) < 4.78 is 0. The Bertz CT molecular complexity index is 404. The minimum Gasteiger partial charge on any atom is -0.323 e. The average Bonchev–Trinajstić information content (AvgIpc) is 2.28. The molecule has 0 fully saturated rings. The molecule has 1 amide bonds. The fraction of sp³-hybridized carbons (Fsp3) is 0.231. The van der Waals surface area contributed by atoms with Crippen LogP contribution in [-0.2, 0) is 4.79 Å². The number of amides is 1. The van der Waals surface area contributed by atoms with E-state index in [0.717, 1.165) is 0 Å². The van der Waals surface area contributed by atoms with E-state index in [0.29, 0.717) is 11.3 Å². The van der Waals surface area contributed by atoms with Crippen molar-refractivity contribution in [2.45, 2.75) is 13.8 Å². The van der Waals surface area contributed by atoms with Gasteiger partial charge in [0, 0.05) is 17.2 Å². The number of anilines is 1. The molecule has 0 saturated carbocycles. The molecule has 0 bridgehead atoms. The van der Waals surface area contributed by atoms with E-state index in [2.05, 4.69) is 11.9 Å². The largest absolute Gasteiger partial charge is 0.323 e. The van der Waals surface area contributed by atoms with Crippen LogP contribution in [0.3, 0.4) is 0 Å². The van der Waals surface area contributed by atoms with Crippen molar-refractivity contribution in [2.24, 2.45) is 5.92 Å². The molecule has 0 aliphatic heterocycles. The third-order valence-electron chi connectivity index (χ3n) is 2.15. The molecule has 3 nitrogen and oxygen atoms in total. The second kappa shape index (κ2) is 5.26. The van der Waals surface area contributed by atoms with Crippen molar-refractivity contribution in [1.82, 2.24) is 0 Å². The summed E-state index contributed by atoms with van der Waals surface area (Å²) in [6.45, 7) is 7.07. The van der Waals surface area contributed by atoms with Crippen molar-refractivity contribution in [3.05, 3.63) is 42.5 Å². The fourth-order valence-corrected chi connectivity index (χ4v) is 1.24. The maximum atomic E-state index is 11.6. The summed E-state index contributed by atoms with van der Waals surface area (Å²) in [7, 11) is 0. The van der Waals surface area contributed by atoms with E-state index in [1.54, 1.807) is 24.3 Å². The minimum atomic E-state index is -0.261. The molecule has 0 spiro atoms. The lowest BCUT2D eigenvalue weighted by Crippen LogP contribution is -2.09. The maximum Gasteiger partial charge on any atom is 0.247 e. The van der Waals surface area contributed by atoms with Crippen LogP contribution in [0.4, 0.5) is 5.69 Å². The molecule has 1 aromatic carbocycles. The Morgan fingerprint density at radius 2 is 1.81 bits per heavy atom. The van der Waals surface area contributed by atoms with Gasteiger partial charge in [0.25, 0.3) is 0 Å². The monoisotopic (exact) mass is 217 g/mol. The van der Waals surface area contributed by atoms with Crippen LogP contribution in [-0.4, -0.2) is 11.7 Å². The highest BCUT2D eigenvalue weighted by Gasteiger charge is 2.09. The summed E-state index contributed by atoms with van der Waals surface area (Å²) in [6, 6.07) is 6.83. The molecule has 1 N–H and O–H groups in total. The quantitative estimate of drug-likeness (QED) is 0.622. The fourth-order valence-electron chi connectivity index (χ4n) is 1.24. The number of carbonyl (C=O) groups is 2. The number of benzene rings is 1. The predicted molar refractivity (Wildman–Crippen MR) is 64.4 cm³/mol. The van der Waals surface area contributed by atoms with Gasteiger partial charge < -0.3 is 5.32 Å². The van der Waals surface area contributed by atoms with Crippen molar-refractivity contribution in [3.63, 3.8) is 0 Å². The van der Waals surface area contributed by atoms with Gasteiger partial charge in [-0.25, -0.2) is 0 Å². The first-order chi connectivity index (χ1) is 7.54. The standard InChI is InChI=1S/C13H15NO2/c1-4-12(15)14-11-7-5-10(6-8-11)13(16)9(2)3/h4-9H,1H2,2-3H3,(H,14,15). The van der Waals surface area contributed by atoms with Gasteiger partial charge >= 0.3 is 0 Å². The summed E-state index contributed by atoms with van der Waals surface area (Å²) in [6.07, 6.45) is 1.20. The molecule has 16 heavy (non-hydrogen) atoms. The third kappa shape index (κ3) is 3.05. The number of hydrogen-bond donors (Lipinski definition) is 1. The van der Waals surface area contributed by atoms with E-state index in [4.69, 9.17) is 0 Å². The molecule has 1 rings (SSSR count). The van der Waals surface area contributed by atoms with Crippen LogP contribution in [0.2, 0.25) is 0 Å². The van der Waals surface area contributed by atoms with Gasteiger partial charge in [0.15, 0.2) is 5.78 Å². The second-order valence-electron chi connectivity index (χ2n) is 3.79. The van der Waals surface area contributed by atoms with E-state index < -0.39 is 0 Å². The van der Waals surface area contributed by atoms with Gasteiger partial charge in [0.05, 0.1) is 0 Å². The van der Waals surface area contributed by atoms with Gasteiger partial charge in [0.2, 0.25) is 5.91 Å². The van der Waals surface area contributed by atoms with E-state index in [-0.39, 0.29) is 17.6 Å². The topological polar surface area (TPSA) is 46.2 Å². The molecular weight excluding hydrogens is 202 g/mol. The van der Waals surface area contributed by atoms with Crippen LogP contribution in [0.1, 0.15) is 24.2 Å². The molecule has 0 atom stereocenters. The Kier molecular flexibility index (Phi) is 4.00. The summed E-state index contributed by atoms with van der Waals surface area (Å²) in [5, 5.41) is 2.62. The van der Waals surface area contributed by atoms with Crippen molar-refractivity contribution < 1.29 is 9.59 Å². The zero-order valence-corrected chi connectivity index (χ0v) is 9.49. The van der Waals surface area contributed by atoms with E-state index in [1.165, 1.54) is 6.08 Å². The number of carbonyl (C=O) groups excluding carboxylic acids is 2. The van der Waals surface area contributed by atoms with Crippen molar-refractivity contribution in [2.75, 3.05) is 5.32 Å².